The van der Waals surface area contributed by atoms with Gasteiger partial charge in [-0.2, -0.15) is 5.10 Å². The molecular formula is C17H21N3O4. The highest BCUT2D eigenvalue weighted by Gasteiger charge is 2.23. The number of fused-ring (bicyclic) bond motifs is 1. The zero-order valence-corrected chi connectivity index (χ0v) is 13.9. The first-order valence-corrected chi connectivity index (χ1v) is 8.09. The largest absolute Gasteiger partial charge is 0.490 e. The molecule has 0 spiro atoms. The van der Waals surface area contributed by atoms with E-state index in [0.29, 0.717) is 37.5 Å². The molecule has 1 aromatic rings. The van der Waals surface area contributed by atoms with E-state index in [9.17, 15) is 9.59 Å². The molecule has 128 valence electrons. The number of nitrogens with zero attached hydrogens (tertiary/aromatic N) is 2. The molecule has 1 N–H and O–H groups in total. The second-order valence-corrected chi connectivity index (χ2v) is 5.92. The van der Waals surface area contributed by atoms with Crippen molar-refractivity contribution in [2.75, 3.05) is 20.3 Å². The summed E-state index contributed by atoms with van der Waals surface area (Å²) in [6, 6.07) is 5.46. The Morgan fingerprint density at radius 1 is 1.25 bits per heavy atom. The van der Waals surface area contributed by atoms with Gasteiger partial charge in [0.15, 0.2) is 11.5 Å². The van der Waals surface area contributed by atoms with Gasteiger partial charge < -0.3 is 14.8 Å². The molecule has 7 heteroatoms. The summed E-state index contributed by atoms with van der Waals surface area (Å²) in [6.07, 6.45) is 1.52. The maximum Gasteiger partial charge on any atom is 0.267 e. The van der Waals surface area contributed by atoms with Crippen molar-refractivity contribution in [1.29, 1.82) is 0 Å². The number of nitrogens with one attached hydrogen (secondary N) is 1. The summed E-state index contributed by atoms with van der Waals surface area (Å²) < 4.78 is 11.3. The van der Waals surface area contributed by atoms with Gasteiger partial charge in [0, 0.05) is 26.3 Å². The lowest BCUT2D eigenvalue weighted by molar-refractivity contribution is -0.130. The molecule has 2 aliphatic heterocycles. The maximum atomic E-state index is 12.3. The third-order valence-corrected chi connectivity index (χ3v) is 4.09. The van der Waals surface area contributed by atoms with E-state index in [2.05, 4.69) is 10.4 Å². The molecule has 2 aliphatic rings. The quantitative estimate of drug-likeness (QED) is 0.913. The molecule has 0 saturated heterocycles. The minimum atomic E-state index is -0.256. The van der Waals surface area contributed by atoms with Gasteiger partial charge in [0.25, 0.3) is 5.91 Å². The van der Waals surface area contributed by atoms with Gasteiger partial charge in [0.1, 0.15) is 5.71 Å². The predicted octanol–water partition coefficient (Wildman–Crippen LogP) is 1.63. The van der Waals surface area contributed by atoms with Crippen LogP contribution in [0.2, 0.25) is 0 Å². The van der Waals surface area contributed by atoms with Crippen molar-refractivity contribution in [3.05, 3.63) is 23.8 Å². The third kappa shape index (κ3) is 3.50. The molecule has 0 aromatic heterocycles. The first-order chi connectivity index (χ1) is 11.5. The third-order valence-electron chi connectivity index (χ3n) is 4.09. The van der Waals surface area contributed by atoms with Crippen LogP contribution in [0.25, 0.3) is 0 Å². The Morgan fingerprint density at radius 3 is 2.75 bits per heavy atom. The van der Waals surface area contributed by atoms with Crippen molar-refractivity contribution in [2.24, 2.45) is 5.10 Å². The van der Waals surface area contributed by atoms with Crippen molar-refractivity contribution in [1.82, 2.24) is 10.3 Å². The Hall–Kier alpha value is -2.57. The van der Waals surface area contributed by atoms with Crippen molar-refractivity contribution in [2.45, 2.75) is 32.2 Å². The Balaban J connectivity index is 1.69. The van der Waals surface area contributed by atoms with E-state index in [1.54, 1.807) is 7.05 Å². The fourth-order valence-corrected chi connectivity index (χ4v) is 2.65. The molecule has 0 radical (unpaired) electrons. The van der Waals surface area contributed by atoms with E-state index in [-0.39, 0.29) is 17.9 Å². The topological polar surface area (TPSA) is 80.2 Å². The summed E-state index contributed by atoms with van der Waals surface area (Å²) in [7, 11) is 1.56. The van der Waals surface area contributed by atoms with Gasteiger partial charge in [-0.3, -0.25) is 9.59 Å². The molecular weight excluding hydrogens is 310 g/mol. The first-order valence-electron chi connectivity index (χ1n) is 8.09. The van der Waals surface area contributed by atoms with E-state index < -0.39 is 0 Å². The fraction of sp³-hybridized carbons (Fsp3) is 0.471. The van der Waals surface area contributed by atoms with Gasteiger partial charge in [-0.05, 0) is 24.6 Å². The second-order valence-electron chi connectivity index (χ2n) is 5.92. The van der Waals surface area contributed by atoms with Crippen molar-refractivity contribution < 1.29 is 19.1 Å². The summed E-state index contributed by atoms with van der Waals surface area (Å²) in [5.74, 6) is 1.09. The summed E-state index contributed by atoms with van der Waals surface area (Å²) >= 11 is 0. The lowest BCUT2D eigenvalue weighted by atomic mass is 10.1. The number of amides is 2. The molecule has 1 atom stereocenters. The van der Waals surface area contributed by atoms with Crippen LogP contribution < -0.4 is 14.8 Å². The summed E-state index contributed by atoms with van der Waals surface area (Å²) in [5, 5.41) is 8.17. The van der Waals surface area contributed by atoms with Crippen LogP contribution in [0, 0.1) is 0 Å². The number of ether oxygens (including phenoxy) is 2. The lowest BCUT2D eigenvalue weighted by Crippen LogP contribution is -2.38. The van der Waals surface area contributed by atoms with Crippen molar-refractivity contribution in [3.8, 4) is 11.5 Å². The smallest absolute Gasteiger partial charge is 0.267 e. The Bertz CT molecular complexity index is 686. The van der Waals surface area contributed by atoms with Crippen molar-refractivity contribution >= 4 is 17.5 Å². The minimum absolute atomic E-state index is 0.0810. The molecule has 24 heavy (non-hydrogen) atoms. The molecule has 2 amide bonds. The van der Waals surface area contributed by atoms with Crippen LogP contribution in [0.3, 0.4) is 0 Å². The summed E-state index contributed by atoms with van der Waals surface area (Å²) in [4.78, 5) is 23.8. The predicted molar refractivity (Wildman–Crippen MR) is 88.0 cm³/mol. The summed E-state index contributed by atoms with van der Waals surface area (Å²) in [6.45, 7) is 3.16. The zero-order valence-electron chi connectivity index (χ0n) is 13.9. The fourth-order valence-electron chi connectivity index (χ4n) is 2.65. The highest BCUT2D eigenvalue weighted by Crippen LogP contribution is 2.32. The number of carbonyl (C=O) groups excluding carboxylic acids is 2. The SMILES string of the molecule is CC(NC(=O)C1=NN(C)C(=O)CC1)c1ccc2c(c1)OCCCO2. The van der Waals surface area contributed by atoms with Crippen LogP contribution in [-0.2, 0) is 9.59 Å². The second kappa shape index (κ2) is 6.90. The lowest BCUT2D eigenvalue weighted by Gasteiger charge is -2.21. The maximum absolute atomic E-state index is 12.3. The van der Waals surface area contributed by atoms with Gasteiger partial charge in [-0.1, -0.05) is 6.07 Å². The van der Waals surface area contributed by atoms with E-state index in [1.165, 1.54) is 5.01 Å². The van der Waals surface area contributed by atoms with Gasteiger partial charge in [-0.15, -0.1) is 0 Å². The normalized spacial score (nSPS) is 18.5. The van der Waals surface area contributed by atoms with E-state index in [0.717, 1.165) is 17.7 Å². The number of hydrazone groups is 1. The van der Waals surface area contributed by atoms with Crippen molar-refractivity contribution in [3.63, 3.8) is 0 Å². The molecule has 1 unspecified atom stereocenters. The monoisotopic (exact) mass is 331 g/mol. The standard InChI is InChI=1S/C17H21N3O4/c1-11(18-17(22)13-5-7-16(21)20(2)19-13)12-4-6-14-15(10-12)24-9-3-8-23-14/h4,6,10-11H,3,5,7-9H2,1-2H3,(H,18,22). The minimum Gasteiger partial charge on any atom is -0.490 e. The highest BCUT2D eigenvalue weighted by molar-refractivity contribution is 6.39. The molecule has 2 heterocycles. The number of carbonyl (C=O) groups is 2. The first kappa shape index (κ1) is 16.3. The summed E-state index contributed by atoms with van der Waals surface area (Å²) in [5.41, 5.74) is 1.30. The van der Waals surface area contributed by atoms with E-state index in [1.807, 2.05) is 25.1 Å². The van der Waals surface area contributed by atoms with E-state index in [4.69, 9.17) is 9.47 Å². The zero-order chi connectivity index (χ0) is 17.1. The average molecular weight is 331 g/mol. The van der Waals surface area contributed by atoms with Gasteiger partial charge in [-0.25, -0.2) is 5.01 Å². The van der Waals surface area contributed by atoms with Crippen LogP contribution >= 0.6 is 0 Å². The molecule has 0 aliphatic carbocycles. The van der Waals surface area contributed by atoms with Gasteiger partial charge in [0.05, 0.1) is 19.3 Å². The number of rotatable bonds is 3. The van der Waals surface area contributed by atoms with Crippen LogP contribution in [0.15, 0.2) is 23.3 Å². The van der Waals surface area contributed by atoms with Crippen LogP contribution in [-0.4, -0.2) is 42.8 Å². The van der Waals surface area contributed by atoms with Gasteiger partial charge in [0.2, 0.25) is 5.91 Å². The highest BCUT2D eigenvalue weighted by atomic mass is 16.5. The molecule has 0 saturated carbocycles. The van der Waals surface area contributed by atoms with Crippen LogP contribution in [0.5, 0.6) is 11.5 Å². The van der Waals surface area contributed by atoms with Crippen LogP contribution in [0.1, 0.15) is 37.8 Å². The Kier molecular flexibility index (Phi) is 4.69. The average Bonchev–Trinajstić information content (AvgIpc) is 2.81. The number of benzene rings is 1. The molecule has 3 rings (SSSR count). The number of hydrogen-bond donors (Lipinski definition) is 1. The molecule has 1 aromatic carbocycles. The van der Waals surface area contributed by atoms with E-state index >= 15 is 0 Å². The Labute approximate surface area is 140 Å². The molecule has 0 fully saturated rings. The van der Waals surface area contributed by atoms with Gasteiger partial charge >= 0.3 is 0 Å². The molecule has 7 nitrogen and oxygen atoms in total. The number of hydrogen-bond acceptors (Lipinski definition) is 5. The van der Waals surface area contributed by atoms with Crippen LogP contribution in [0.4, 0.5) is 0 Å². The molecule has 0 bridgehead atoms. The Morgan fingerprint density at radius 2 is 2.00 bits per heavy atom.